The summed E-state index contributed by atoms with van der Waals surface area (Å²) in [4.78, 5) is 3.11. The summed E-state index contributed by atoms with van der Waals surface area (Å²) in [5, 5.41) is 0. The first-order valence-corrected chi connectivity index (χ1v) is 4.01. The lowest BCUT2D eigenvalue weighted by molar-refractivity contribution is -0.142. The minimum atomic E-state index is -5.21. The predicted molar refractivity (Wildman–Crippen MR) is 42.0 cm³/mol. The zero-order valence-corrected chi connectivity index (χ0v) is 7.65. The molecule has 0 fully saturated rings. The highest BCUT2D eigenvalue weighted by Gasteiger charge is 2.40. The molecule has 0 atom stereocenters. The van der Waals surface area contributed by atoms with E-state index in [1.807, 2.05) is 0 Å². The van der Waals surface area contributed by atoms with Crippen LogP contribution >= 0.6 is 0 Å². The first kappa shape index (κ1) is 12.8. The molecule has 2 nitrogen and oxygen atoms in total. The molecule has 16 heavy (non-hydrogen) atoms. The van der Waals surface area contributed by atoms with E-state index in [1.54, 1.807) is 0 Å². The molecule has 1 aromatic heterocycles. The van der Waals surface area contributed by atoms with Gasteiger partial charge in [0.1, 0.15) is 5.56 Å². The van der Waals surface area contributed by atoms with Gasteiger partial charge in [-0.1, -0.05) is 0 Å². The number of nitrogens with two attached hydrogens (primary N) is 1. The maximum absolute atomic E-state index is 12.9. The summed E-state index contributed by atoms with van der Waals surface area (Å²) in [6, 6.07) is 0. The van der Waals surface area contributed by atoms with Crippen LogP contribution in [0.5, 0.6) is 0 Å². The van der Waals surface area contributed by atoms with Crippen LogP contribution in [0.2, 0.25) is 0 Å². The average molecular weight is 244 g/mol. The fourth-order valence-corrected chi connectivity index (χ4v) is 1.23. The Kier molecular flexibility index (Phi) is 3.41. The van der Waals surface area contributed by atoms with Crippen molar-refractivity contribution in [1.82, 2.24) is 4.98 Å². The van der Waals surface area contributed by atoms with Crippen molar-refractivity contribution in [2.24, 2.45) is 5.73 Å². The molecule has 0 unspecified atom stereocenters. The van der Waals surface area contributed by atoms with Gasteiger partial charge in [-0.05, 0) is 0 Å². The van der Waals surface area contributed by atoms with Crippen molar-refractivity contribution in [3.8, 4) is 0 Å². The van der Waals surface area contributed by atoms with Gasteiger partial charge in [-0.3, -0.25) is 4.98 Å². The van der Waals surface area contributed by atoms with Gasteiger partial charge in [-0.15, -0.1) is 0 Å². The second-order valence-corrected chi connectivity index (χ2v) is 2.84. The van der Waals surface area contributed by atoms with Gasteiger partial charge in [-0.25, -0.2) is 13.2 Å². The van der Waals surface area contributed by atoms with Crippen LogP contribution in [0.25, 0.3) is 0 Å². The van der Waals surface area contributed by atoms with E-state index in [9.17, 15) is 26.3 Å². The lowest BCUT2D eigenvalue weighted by Crippen LogP contribution is -2.17. The van der Waals surface area contributed by atoms with Gasteiger partial charge in [-0.2, -0.15) is 13.2 Å². The number of pyridine rings is 1. The summed E-state index contributed by atoms with van der Waals surface area (Å²) in [6.45, 7) is -0.622. The lowest BCUT2D eigenvalue weighted by atomic mass is 10.1. The molecule has 0 saturated heterocycles. The number of hydrogen-bond donors (Lipinski definition) is 1. The molecular weight excluding hydrogens is 238 g/mol. The highest BCUT2D eigenvalue weighted by Crippen LogP contribution is 2.38. The Morgan fingerprint density at radius 1 is 1.31 bits per heavy atom. The maximum atomic E-state index is 12.9. The summed E-state index contributed by atoms with van der Waals surface area (Å²) in [6.07, 6.45) is -8.46. The lowest BCUT2D eigenvalue weighted by Gasteiger charge is -2.15. The average Bonchev–Trinajstić information content (AvgIpc) is 2.15. The van der Waals surface area contributed by atoms with Crippen LogP contribution < -0.4 is 5.73 Å². The normalized spacial score (nSPS) is 12.2. The minimum Gasteiger partial charge on any atom is -0.325 e. The monoisotopic (exact) mass is 244 g/mol. The third-order valence-corrected chi connectivity index (χ3v) is 1.85. The number of rotatable bonds is 2. The van der Waals surface area contributed by atoms with E-state index in [-0.39, 0.29) is 6.20 Å². The van der Waals surface area contributed by atoms with Crippen LogP contribution in [0.4, 0.5) is 26.3 Å². The Balaban J connectivity index is 3.55. The molecule has 0 aliphatic heterocycles. The van der Waals surface area contributed by atoms with Crippen LogP contribution in [0.15, 0.2) is 6.20 Å². The van der Waals surface area contributed by atoms with Gasteiger partial charge in [0.15, 0.2) is 5.82 Å². The third-order valence-electron chi connectivity index (χ3n) is 1.85. The Labute approximate surface area is 86.1 Å². The first-order valence-electron chi connectivity index (χ1n) is 4.01. The van der Waals surface area contributed by atoms with Crippen molar-refractivity contribution in [1.29, 1.82) is 0 Å². The number of alkyl halides is 5. The van der Waals surface area contributed by atoms with Crippen molar-refractivity contribution in [3.63, 3.8) is 0 Å². The van der Waals surface area contributed by atoms with Crippen molar-refractivity contribution in [2.75, 3.05) is 0 Å². The SMILES string of the molecule is NCc1ncc(F)c(C(F)(F)F)c1C(F)F. The highest BCUT2D eigenvalue weighted by atomic mass is 19.4. The molecule has 1 rings (SSSR count). The first-order chi connectivity index (χ1) is 7.29. The number of hydrogen-bond acceptors (Lipinski definition) is 2. The van der Waals surface area contributed by atoms with Crippen molar-refractivity contribution >= 4 is 0 Å². The van der Waals surface area contributed by atoms with Crippen LogP contribution in [0.1, 0.15) is 23.2 Å². The fraction of sp³-hybridized carbons (Fsp3) is 0.375. The smallest absolute Gasteiger partial charge is 0.325 e. The van der Waals surface area contributed by atoms with E-state index in [1.165, 1.54) is 0 Å². The Hall–Kier alpha value is -1.31. The Morgan fingerprint density at radius 2 is 1.88 bits per heavy atom. The minimum absolute atomic E-state index is 0.233. The predicted octanol–water partition coefficient (Wildman–Crippen LogP) is 2.64. The fourth-order valence-electron chi connectivity index (χ4n) is 1.23. The molecule has 90 valence electrons. The van der Waals surface area contributed by atoms with Gasteiger partial charge in [0.2, 0.25) is 0 Å². The van der Waals surface area contributed by atoms with Crippen LogP contribution in [0.3, 0.4) is 0 Å². The van der Waals surface area contributed by atoms with Gasteiger partial charge in [0.05, 0.1) is 17.5 Å². The summed E-state index contributed by atoms with van der Waals surface area (Å²) in [5.41, 5.74) is 0.809. The van der Waals surface area contributed by atoms with E-state index in [2.05, 4.69) is 4.98 Å². The molecule has 0 aliphatic rings. The van der Waals surface area contributed by atoms with Gasteiger partial charge in [0.25, 0.3) is 6.43 Å². The summed E-state index contributed by atoms with van der Waals surface area (Å²) < 4.78 is 74.7. The molecule has 2 N–H and O–H groups in total. The molecule has 1 aromatic rings. The quantitative estimate of drug-likeness (QED) is 0.812. The second-order valence-electron chi connectivity index (χ2n) is 2.84. The summed E-state index contributed by atoms with van der Waals surface area (Å²) in [7, 11) is 0. The molecule has 8 heteroatoms. The number of aromatic nitrogens is 1. The molecule has 0 aromatic carbocycles. The topological polar surface area (TPSA) is 38.9 Å². The molecule has 1 heterocycles. The third kappa shape index (κ3) is 2.26. The van der Waals surface area contributed by atoms with E-state index in [0.717, 1.165) is 0 Å². The Bertz CT molecular complexity index is 387. The van der Waals surface area contributed by atoms with Crippen molar-refractivity contribution < 1.29 is 26.3 Å². The van der Waals surface area contributed by atoms with Gasteiger partial charge in [0, 0.05) is 6.54 Å². The maximum Gasteiger partial charge on any atom is 0.419 e. The van der Waals surface area contributed by atoms with E-state index in [0.29, 0.717) is 0 Å². The zero-order valence-electron chi connectivity index (χ0n) is 7.65. The molecule has 0 radical (unpaired) electrons. The van der Waals surface area contributed by atoms with Crippen LogP contribution in [-0.4, -0.2) is 4.98 Å². The summed E-state index contributed by atoms with van der Waals surface area (Å²) >= 11 is 0. The van der Waals surface area contributed by atoms with E-state index < -0.39 is 41.8 Å². The molecular formula is C8H6F6N2. The number of halogens is 6. The van der Waals surface area contributed by atoms with E-state index >= 15 is 0 Å². The number of nitrogens with zero attached hydrogens (tertiary/aromatic N) is 1. The van der Waals surface area contributed by atoms with Gasteiger partial charge < -0.3 is 5.73 Å². The van der Waals surface area contributed by atoms with Crippen molar-refractivity contribution in [2.45, 2.75) is 19.1 Å². The molecule has 0 amide bonds. The van der Waals surface area contributed by atoms with Crippen molar-refractivity contribution in [3.05, 3.63) is 28.8 Å². The molecule has 0 saturated carbocycles. The largest absolute Gasteiger partial charge is 0.419 e. The van der Waals surface area contributed by atoms with Crippen LogP contribution in [0, 0.1) is 5.82 Å². The second kappa shape index (κ2) is 4.28. The Morgan fingerprint density at radius 3 is 2.25 bits per heavy atom. The molecule has 0 spiro atoms. The highest BCUT2D eigenvalue weighted by molar-refractivity contribution is 5.34. The molecule has 0 bridgehead atoms. The summed E-state index contributed by atoms with van der Waals surface area (Å²) in [5.74, 6) is -1.83. The van der Waals surface area contributed by atoms with Crippen LogP contribution in [-0.2, 0) is 12.7 Å². The standard InChI is InChI=1S/C8H6F6N2/c9-3-2-16-4(1-15)5(7(10)11)6(3)8(12,13)14/h2,7H,1,15H2. The van der Waals surface area contributed by atoms with Gasteiger partial charge >= 0.3 is 6.18 Å². The van der Waals surface area contributed by atoms with E-state index in [4.69, 9.17) is 5.73 Å². The molecule has 0 aliphatic carbocycles. The zero-order chi connectivity index (χ0) is 12.5.